The van der Waals surface area contributed by atoms with E-state index in [9.17, 15) is 9.18 Å². The Hall–Kier alpha value is -2.20. The summed E-state index contributed by atoms with van der Waals surface area (Å²) in [5.74, 6) is 0.305. The second-order valence-corrected chi connectivity index (χ2v) is 6.36. The molecule has 2 aromatic carbocycles. The van der Waals surface area contributed by atoms with Gasteiger partial charge in [-0.3, -0.25) is 4.79 Å². The zero-order valence-electron chi connectivity index (χ0n) is 13.7. The summed E-state index contributed by atoms with van der Waals surface area (Å²) in [6.45, 7) is 2.04. The number of hydrogen-bond acceptors (Lipinski definition) is 2. The van der Waals surface area contributed by atoms with Crippen LogP contribution >= 0.6 is 0 Å². The van der Waals surface area contributed by atoms with Gasteiger partial charge in [0.2, 0.25) is 5.91 Å². The van der Waals surface area contributed by atoms with Crippen molar-refractivity contribution in [3.8, 4) is 0 Å². The van der Waals surface area contributed by atoms with Gasteiger partial charge in [0.05, 0.1) is 6.04 Å². The Labute approximate surface area is 142 Å². The molecular weight excluding hydrogens is 303 g/mol. The molecule has 1 aliphatic rings. The lowest BCUT2D eigenvalue weighted by Crippen LogP contribution is -2.29. The topological polar surface area (TPSA) is 41.1 Å². The van der Waals surface area contributed by atoms with Gasteiger partial charge in [0.1, 0.15) is 5.82 Å². The molecule has 0 saturated carbocycles. The van der Waals surface area contributed by atoms with E-state index in [1.165, 1.54) is 12.1 Å². The first kappa shape index (κ1) is 16.7. The number of carbonyl (C=O) groups excluding carboxylic acids is 1. The highest BCUT2D eigenvalue weighted by molar-refractivity contribution is 5.77. The maximum Gasteiger partial charge on any atom is 0.220 e. The van der Waals surface area contributed by atoms with E-state index in [1.807, 2.05) is 36.4 Å². The molecule has 1 saturated heterocycles. The standard InChI is InChI=1S/C20H23FN2O/c21-18-8-4-7-17(13-18)20(16-5-2-1-3-6-16)23-19(24)10-9-15-11-12-22-14-15/h1-8,13,15,20,22H,9-12,14H2,(H,23,24). The fourth-order valence-electron chi connectivity index (χ4n) is 3.22. The third kappa shape index (κ3) is 4.42. The molecule has 3 rings (SSSR count). The van der Waals surface area contributed by atoms with Gasteiger partial charge in [-0.05, 0) is 55.1 Å². The highest BCUT2D eigenvalue weighted by Gasteiger charge is 2.19. The SMILES string of the molecule is O=C(CCC1CCNC1)NC(c1ccccc1)c1cccc(F)c1. The Bertz CT molecular complexity index is 668. The number of nitrogens with one attached hydrogen (secondary N) is 2. The van der Waals surface area contributed by atoms with Crippen LogP contribution in [-0.2, 0) is 4.79 Å². The van der Waals surface area contributed by atoms with Gasteiger partial charge in [0, 0.05) is 6.42 Å². The molecule has 2 aromatic rings. The summed E-state index contributed by atoms with van der Waals surface area (Å²) in [5, 5.41) is 6.40. The predicted molar refractivity (Wildman–Crippen MR) is 93.0 cm³/mol. The van der Waals surface area contributed by atoms with Gasteiger partial charge in [0.15, 0.2) is 0 Å². The molecule has 126 valence electrons. The first-order chi connectivity index (χ1) is 11.7. The molecule has 4 heteroatoms. The van der Waals surface area contributed by atoms with Crippen LogP contribution in [0.15, 0.2) is 54.6 Å². The van der Waals surface area contributed by atoms with Gasteiger partial charge in [-0.1, -0.05) is 42.5 Å². The van der Waals surface area contributed by atoms with E-state index in [2.05, 4.69) is 10.6 Å². The fraction of sp³-hybridized carbons (Fsp3) is 0.350. The Balaban J connectivity index is 1.71. The van der Waals surface area contributed by atoms with Crippen LogP contribution in [0.25, 0.3) is 0 Å². The van der Waals surface area contributed by atoms with Crippen molar-refractivity contribution in [1.29, 1.82) is 0 Å². The van der Waals surface area contributed by atoms with Crippen LogP contribution in [-0.4, -0.2) is 19.0 Å². The summed E-state index contributed by atoms with van der Waals surface area (Å²) >= 11 is 0. The number of halogens is 1. The minimum atomic E-state index is -0.323. The molecule has 0 aliphatic carbocycles. The summed E-state index contributed by atoms with van der Waals surface area (Å²) in [4.78, 5) is 12.4. The number of benzene rings is 2. The summed E-state index contributed by atoms with van der Waals surface area (Å²) in [7, 11) is 0. The van der Waals surface area contributed by atoms with E-state index in [0.717, 1.165) is 37.1 Å². The summed E-state index contributed by atoms with van der Waals surface area (Å²) in [6, 6.07) is 15.8. The highest BCUT2D eigenvalue weighted by Crippen LogP contribution is 2.23. The van der Waals surface area contributed by atoms with E-state index in [-0.39, 0.29) is 17.8 Å². The minimum Gasteiger partial charge on any atom is -0.345 e. The zero-order chi connectivity index (χ0) is 16.8. The van der Waals surface area contributed by atoms with E-state index < -0.39 is 0 Å². The van der Waals surface area contributed by atoms with E-state index in [0.29, 0.717) is 12.3 Å². The Morgan fingerprint density at radius 2 is 1.96 bits per heavy atom. The van der Waals surface area contributed by atoms with Crippen LogP contribution in [0.3, 0.4) is 0 Å². The average molecular weight is 326 g/mol. The lowest BCUT2D eigenvalue weighted by Gasteiger charge is -2.20. The Kier molecular flexibility index (Phi) is 5.59. The third-order valence-electron chi connectivity index (χ3n) is 4.56. The smallest absolute Gasteiger partial charge is 0.220 e. The van der Waals surface area contributed by atoms with Crippen molar-refractivity contribution in [2.24, 2.45) is 5.92 Å². The van der Waals surface area contributed by atoms with Crippen molar-refractivity contribution in [3.05, 3.63) is 71.5 Å². The molecule has 24 heavy (non-hydrogen) atoms. The van der Waals surface area contributed by atoms with Crippen LogP contribution in [0.5, 0.6) is 0 Å². The summed E-state index contributed by atoms with van der Waals surface area (Å²) < 4.78 is 13.6. The second-order valence-electron chi connectivity index (χ2n) is 6.36. The summed E-state index contributed by atoms with van der Waals surface area (Å²) in [6.07, 6.45) is 2.54. The molecular formula is C20H23FN2O. The maximum absolute atomic E-state index is 13.6. The number of amides is 1. The van der Waals surface area contributed by atoms with Crippen LogP contribution in [0.1, 0.15) is 36.4 Å². The molecule has 1 heterocycles. The monoisotopic (exact) mass is 326 g/mol. The lowest BCUT2D eigenvalue weighted by molar-refractivity contribution is -0.121. The van der Waals surface area contributed by atoms with Crippen molar-refractivity contribution in [2.45, 2.75) is 25.3 Å². The van der Waals surface area contributed by atoms with Crippen LogP contribution < -0.4 is 10.6 Å². The molecule has 1 amide bonds. The molecule has 1 aliphatic heterocycles. The Morgan fingerprint density at radius 3 is 2.67 bits per heavy atom. The number of hydrogen-bond donors (Lipinski definition) is 2. The highest BCUT2D eigenvalue weighted by atomic mass is 19.1. The molecule has 2 unspecified atom stereocenters. The first-order valence-corrected chi connectivity index (χ1v) is 8.53. The van der Waals surface area contributed by atoms with Gasteiger partial charge in [0.25, 0.3) is 0 Å². The number of carbonyl (C=O) groups is 1. The lowest BCUT2D eigenvalue weighted by atomic mass is 9.97. The largest absolute Gasteiger partial charge is 0.345 e. The normalized spacial score (nSPS) is 18.3. The van der Waals surface area contributed by atoms with Crippen molar-refractivity contribution in [3.63, 3.8) is 0 Å². The molecule has 0 bridgehead atoms. The zero-order valence-corrected chi connectivity index (χ0v) is 13.7. The Morgan fingerprint density at radius 1 is 1.17 bits per heavy atom. The van der Waals surface area contributed by atoms with Crippen molar-refractivity contribution in [1.82, 2.24) is 10.6 Å². The van der Waals surface area contributed by atoms with Crippen molar-refractivity contribution in [2.75, 3.05) is 13.1 Å². The van der Waals surface area contributed by atoms with Crippen molar-refractivity contribution < 1.29 is 9.18 Å². The molecule has 2 atom stereocenters. The van der Waals surface area contributed by atoms with Gasteiger partial charge in [-0.2, -0.15) is 0 Å². The molecule has 3 nitrogen and oxygen atoms in total. The fourth-order valence-corrected chi connectivity index (χ4v) is 3.22. The second kappa shape index (κ2) is 8.06. The first-order valence-electron chi connectivity index (χ1n) is 8.53. The minimum absolute atomic E-state index is 0.0139. The third-order valence-corrected chi connectivity index (χ3v) is 4.56. The summed E-state index contributed by atoms with van der Waals surface area (Å²) in [5.41, 5.74) is 1.72. The molecule has 1 fully saturated rings. The van der Waals surface area contributed by atoms with Crippen LogP contribution in [0, 0.1) is 11.7 Å². The van der Waals surface area contributed by atoms with E-state index in [1.54, 1.807) is 6.07 Å². The predicted octanol–water partition coefficient (Wildman–Crippen LogP) is 3.42. The average Bonchev–Trinajstić information content (AvgIpc) is 3.12. The number of rotatable bonds is 6. The van der Waals surface area contributed by atoms with Crippen LogP contribution in [0.2, 0.25) is 0 Å². The molecule has 0 spiro atoms. The van der Waals surface area contributed by atoms with Gasteiger partial charge >= 0.3 is 0 Å². The van der Waals surface area contributed by atoms with Gasteiger partial charge in [-0.25, -0.2) is 4.39 Å². The molecule has 0 aromatic heterocycles. The van der Waals surface area contributed by atoms with E-state index >= 15 is 0 Å². The van der Waals surface area contributed by atoms with Gasteiger partial charge < -0.3 is 10.6 Å². The molecule has 2 N–H and O–H groups in total. The van der Waals surface area contributed by atoms with Crippen LogP contribution in [0.4, 0.5) is 4.39 Å². The van der Waals surface area contributed by atoms with Gasteiger partial charge in [-0.15, -0.1) is 0 Å². The molecule has 0 radical (unpaired) electrons. The van der Waals surface area contributed by atoms with E-state index in [4.69, 9.17) is 0 Å². The maximum atomic E-state index is 13.6. The quantitative estimate of drug-likeness (QED) is 0.854. The van der Waals surface area contributed by atoms with Crippen molar-refractivity contribution >= 4 is 5.91 Å².